The van der Waals surface area contributed by atoms with Gasteiger partial charge in [0.1, 0.15) is 5.75 Å². The number of amides is 1. The highest BCUT2D eigenvalue weighted by Crippen LogP contribution is 2.25. The van der Waals surface area contributed by atoms with E-state index in [0.29, 0.717) is 18.1 Å². The van der Waals surface area contributed by atoms with Gasteiger partial charge >= 0.3 is 0 Å². The molecule has 1 aliphatic heterocycles. The van der Waals surface area contributed by atoms with Gasteiger partial charge in [-0.3, -0.25) is 4.79 Å². The molecule has 1 aromatic carbocycles. The van der Waals surface area contributed by atoms with E-state index in [9.17, 15) is 4.79 Å². The van der Waals surface area contributed by atoms with E-state index in [0.717, 1.165) is 30.6 Å². The van der Waals surface area contributed by atoms with Gasteiger partial charge in [0.15, 0.2) is 0 Å². The number of rotatable bonds is 5. The van der Waals surface area contributed by atoms with Gasteiger partial charge in [-0.15, -0.1) is 11.6 Å². The van der Waals surface area contributed by atoms with Gasteiger partial charge in [-0.25, -0.2) is 0 Å². The van der Waals surface area contributed by atoms with Crippen LogP contribution in [0.2, 0.25) is 0 Å². The van der Waals surface area contributed by atoms with Crippen molar-refractivity contribution in [1.82, 2.24) is 5.32 Å². The molecule has 1 aliphatic rings. The van der Waals surface area contributed by atoms with Crippen LogP contribution in [0.5, 0.6) is 5.75 Å². The van der Waals surface area contributed by atoms with E-state index in [1.54, 1.807) is 0 Å². The third kappa shape index (κ3) is 3.16. The molecule has 0 saturated heterocycles. The molecular formula is C14H18ClNO2. The molecule has 4 heteroatoms. The number of fused-ring (bicyclic) bond motifs is 1. The zero-order valence-corrected chi connectivity index (χ0v) is 11.3. The summed E-state index contributed by atoms with van der Waals surface area (Å²) in [6.45, 7) is 2.72. The predicted molar refractivity (Wildman–Crippen MR) is 72.5 cm³/mol. The third-order valence-electron chi connectivity index (χ3n) is 3.10. The molecule has 1 heterocycles. The van der Waals surface area contributed by atoms with E-state index in [1.165, 1.54) is 0 Å². The average Bonchev–Trinajstić information content (AvgIpc) is 2.83. The number of halogens is 1. The topological polar surface area (TPSA) is 38.3 Å². The summed E-state index contributed by atoms with van der Waals surface area (Å²) in [4.78, 5) is 12.0. The van der Waals surface area contributed by atoms with Crippen LogP contribution in [0.3, 0.4) is 0 Å². The molecule has 0 radical (unpaired) electrons. The summed E-state index contributed by atoms with van der Waals surface area (Å²) in [5.41, 5.74) is 1.83. The van der Waals surface area contributed by atoms with Gasteiger partial charge in [0.2, 0.25) is 0 Å². The van der Waals surface area contributed by atoms with E-state index >= 15 is 0 Å². The Hall–Kier alpha value is -1.22. The monoisotopic (exact) mass is 267 g/mol. The lowest BCUT2D eigenvalue weighted by Gasteiger charge is -2.13. The molecule has 2 rings (SSSR count). The van der Waals surface area contributed by atoms with Gasteiger partial charge < -0.3 is 10.1 Å². The van der Waals surface area contributed by atoms with Crippen molar-refractivity contribution in [1.29, 1.82) is 0 Å². The fourth-order valence-electron chi connectivity index (χ4n) is 2.09. The number of carbonyl (C=O) groups is 1. The number of hydrogen-bond donors (Lipinski definition) is 1. The molecule has 0 fully saturated rings. The predicted octanol–water partition coefficient (Wildman–Crippen LogP) is 2.76. The lowest BCUT2D eigenvalue weighted by molar-refractivity contribution is 0.0938. The molecule has 3 nitrogen and oxygen atoms in total. The molecule has 0 aromatic heterocycles. The summed E-state index contributed by atoms with van der Waals surface area (Å²) in [6.07, 6.45) is 2.71. The van der Waals surface area contributed by atoms with Gasteiger partial charge in [0, 0.05) is 23.9 Å². The number of ether oxygens (including phenoxy) is 1. The average molecular weight is 268 g/mol. The second-order valence-corrected chi connectivity index (χ2v) is 5.00. The van der Waals surface area contributed by atoms with Crippen LogP contribution in [0.1, 0.15) is 35.7 Å². The smallest absolute Gasteiger partial charge is 0.251 e. The van der Waals surface area contributed by atoms with Crippen LogP contribution in [-0.4, -0.2) is 24.4 Å². The Morgan fingerprint density at radius 3 is 3.17 bits per heavy atom. The summed E-state index contributed by atoms with van der Waals surface area (Å²) in [6, 6.07) is 5.76. The SMILES string of the molecule is CC(CCCCl)NC(=O)c1ccc2c(c1)CCO2. The molecular weight excluding hydrogens is 250 g/mol. The van der Waals surface area contributed by atoms with Gasteiger partial charge in [0.05, 0.1) is 6.61 Å². The third-order valence-corrected chi connectivity index (χ3v) is 3.37. The van der Waals surface area contributed by atoms with Crippen molar-refractivity contribution in [3.8, 4) is 5.75 Å². The number of alkyl halides is 1. The number of hydrogen-bond acceptors (Lipinski definition) is 2. The Morgan fingerprint density at radius 2 is 2.39 bits per heavy atom. The molecule has 1 aromatic rings. The number of benzene rings is 1. The summed E-state index contributed by atoms with van der Waals surface area (Å²) in [7, 11) is 0. The minimum Gasteiger partial charge on any atom is -0.493 e. The zero-order chi connectivity index (χ0) is 13.0. The maximum atomic E-state index is 12.0. The molecule has 0 spiro atoms. The van der Waals surface area contributed by atoms with Crippen molar-refractivity contribution >= 4 is 17.5 Å². The van der Waals surface area contributed by atoms with E-state index in [-0.39, 0.29) is 11.9 Å². The first-order valence-electron chi connectivity index (χ1n) is 6.33. The Bertz CT molecular complexity index is 434. The molecule has 18 heavy (non-hydrogen) atoms. The lowest BCUT2D eigenvalue weighted by atomic mass is 10.1. The molecule has 1 atom stereocenters. The van der Waals surface area contributed by atoms with Gasteiger partial charge in [-0.05, 0) is 43.5 Å². The van der Waals surface area contributed by atoms with Gasteiger partial charge in [-0.1, -0.05) is 0 Å². The van der Waals surface area contributed by atoms with Crippen LogP contribution in [0.15, 0.2) is 18.2 Å². The Labute approximate surface area is 112 Å². The highest BCUT2D eigenvalue weighted by Gasteiger charge is 2.15. The van der Waals surface area contributed by atoms with Crippen LogP contribution in [0.4, 0.5) is 0 Å². The summed E-state index contributed by atoms with van der Waals surface area (Å²) in [5.74, 6) is 1.52. The van der Waals surface area contributed by atoms with Crippen LogP contribution < -0.4 is 10.1 Å². The van der Waals surface area contributed by atoms with Crippen molar-refractivity contribution in [2.24, 2.45) is 0 Å². The summed E-state index contributed by atoms with van der Waals surface area (Å²) < 4.78 is 5.42. The van der Waals surface area contributed by atoms with Crippen molar-refractivity contribution in [2.75, 3.05) is 12.5 Å². The number of nitrogens with one attached hydrogen (secondary N) is 1. The minimum atomic E-state index is -0.0215. The van der Waals surface area contributed by atoms with E-state index in [4.69, 9.17) is 16.3 Å². The van der Waals surface area contributed by atoms with Crippen LogP contribution in [-0.2, 0) is 6.42 Å². The highest BCUT2D eigenvalue weighted by atomic mass is 35.5. The number of carbonyl (C=O) groups excluding carboxylic acids is 1. The van der Waals surface area contributed by atoms with Crippen molar-refractivity contribution in [2.45, 2.75) is 32.2 Å². The van der Waals surface area contributed by atoms with Crippen molar-refractivity contribution in [3.05, 3.63) is 29.3 Å². The quantitative estimate of drug-likeness (QED) is 0.833. The first-order valence-corrected chi connectivity index (χ1v) is 6.86. The largest absolute Gasteiger partial charge is 0.493 e. The van der Waals surface area contributed by atoms with Crippen LogP contribution in [0, 0.1) is 0 Å². The maximum Gasteiger partial charge on any atom is 0.251 e. The molecule has 1 unspecified atom stereocenters. The standard InChI is InChI=1S/C14H18ClNO2/c1-10(3-2-7-15)16-14(17)12-4-5-13-11(9-12)6-8-18-13/h4-5,9-10H,2-3,6-8H2,1H3,(H,16,17). The normalized spacial score (nSPS) is 14.8. The lowest BCUT2D eigenvalue weighted by Crippen LogP contribution is -2.32. The molecule has 0 bridgehead atoms. The van der Waals surface area contributed by atoms with Crippen LogP contribution in [0.25, 0.3) is 0 Å². The Morgan fingerprint density at radius 1 is 1.56 bits per heavy atom. The highest BCUT2D eigenvalue weighted by molar-refractivity contribution is 6.17. The minimum absolute atomic E-state index is 0.0215. The Kier molecular flexibility index (Phi) is 4.48. The molecule has 1 N–H and O–H groups in total. The second-order valence-electron chi connectivity index (χ2n) is 4.63. The van der Waals surface area contributed by atoms with Gasteiger partial charge in [0.25, 0.3) is 5.91 Å². The molecule has 98 valence electrons. The second kappa shape index (κ2) is 6.10. The Balaban J connectivity index is 1.96. The van der Waals surface area contributed by atoms with E-state index in [1.807, 2.05) is 25.1 Å². The van der Waals surface area contributed by atoms with E-state index < -0.39 is 0 Å². The first-order chi connectivity index (χ1) is 8.70. The zero-order valence-electron chi connectivity index (χ0n) is 10.5. The summed E-state index contributed by atoms with van der Waals surface area (Å²) >= 11 is 5.64. The fraction of sp³-hybridized carbons (Fsp3) is 0.500. The molecule has 0 aliphatic carbocycles. The van der Waals surface area contributed by atoms with Crippen molar-refractivity contribution in [3.63, 3.8) is 0 Å². The maximum absolute atomic E-state index is 12.0. The molecule has 1 amide bonds. The fourth-order valence-corrected chi connectivity index (χ4v) is 2.24. The first kappa shape index (κ1) is 13.2. The van der Waals surface area contributed by atoms with Crippen LogP contribution >= 0.6 is 11.6 Å². The summed E-state index contributed by atoms with van der Waals surface area (Å²) in [5, 5.41) is 2.98. The van der Waals surface area contributed by atoms with Gasteiger partial charge in [-0.2, -0.15) is 0 Å². The molecule has 0 saturated carbocycles. The van der Waals surface area contributed by atoms with Crippen molar-refractivity contribution < 1.29 is 9.53 Å². The van der Waals surface area contributed by atoms with E-state index in [2.05, 4.69) is 5.32 Å².